The molecule has 2 aromatic carbocycles. The van der Waals surface area contributed by atoms with Gasteiger partial charge in [-0.15, -0.1) is 0 Å². The Hall–Kier alpha value is -5.68. The van der Waals surface area contributed by atoms with Crippen LogP contribution in [0.1, 0.15) is 23.6 Å². The van der Waals surface area contributed by atoms with Crippen LogP contribution < -0.4 is 46.5 Å². The van der Waals surface area contributed by atoms with Crippen molar-refractivity contribution in [2.45, 2.75) is 12.5 Å². The number of hydrogen-bond donors (Lipinski definition) is 6. The summed E-state index contributed by atoms with van der Waals surface area (Å²) in [6.45, 7) is 2.75. The minimum absolute atomic E-state index is 0.0290. The van der Waals surface area contributed by atoms with E-state index in [1.165, 1.54) is 0 Å². The number of methoxy groups -OCH3 is 3. The molecule has 1 atom stereocenters. The van der Waals surface area contributed by atoms with Gasteiger partial charge < -0.3 is 56.4 Å². The molecule has 1 fully saturated rings. The number of aliphatic imine (C=N–C) groups is 1. The van der Waals surface area contributed by atoms with Crippen LogP contribution in [0, 0.1) is 0 Å². The summed E-state index contributed by atoms with van der Waals surface area (Å²) in [4.78, 5) is 29.2. The fraction of sp³-hybridized carbons (Fsp3) is 0.355. The van der Waals surface area contributed by atoms with Crippen molar-refractivity contribution in [3.8, 4) is 17.2 Å². The first-order valence-electron chi connectivity index (χ1n) is 15.3. The lowest BCUT2D eigenvalue weighted by Crippen LogP contribution is -2.37. The van der Waals surface area contributed by atoms with Crippen LogP contribution in [0.3, 0.4) is 0 Å². The van der Waals surface area contributed by atoms with E-state index in [1.807, 2.05) is 41.3 Å². The molecule has 17 heteroatoms. The van der Waals surface area contributed by atoms with Crippen LogP contribution in [-0.2, 0) is 4.74 Å². The number of nitrogens with two attached hydrogens (primary N) is 2. The van der Waals surface area contributed by atoms with Crippen LogP contribution in [0.5, 0.6) is 17.2 Å². The van der Waals surface area contributed by atoms with Crippen LogP contribution >= 0.6 is 0 Å². The number of benzene rings is 2. The summed E-state index contributed by atoms with van der Waals surface area (Å²) < 4.78 is 22.2. The molecule has 0 spiro atoms. The number of aliphatic hydroxyl groups excluding tert-OH is 1. The fourth-order valence-corrected chi connectivity index (χ4v) is 5.42. The molecular formula is C31H38N12O5. The van der Waals surface area contributed by atoms with Gasteiger partial charge in [-0.25, -0.2) is 4.99 Å². The zero-order valence-electron chi connectivity index (χ0n) is 26.9. The zero-order chi connectivity index (χ0) is 33.6. The molecule has 1 unspecified atom stereocenters. The normalized spacial score (nSPS) is 15.8. The number of fused-ring (bicyclic) bond motifs is 1. The van der Waals surface area contributed by atoms with Gasteiger partial charge in [0.1, 0.15) is 5.69 Å². The number of anilines is 7. The van der Waals surface area contributed by atoms with Crippen LogP contribution in [0.15, 0.2) is 41.4 Å². The van der Waals surface area contributed by atoms with Crippen molar-refractivity contribution in [3.63, 3.8) is 0 Å². The average Bonchev–Trinajstić information content (AvgIpc) is 3.31. The number of rotatable bonds is 11. The maximum absolute atomic E-state index is 9.31. The molecule has 4 heterocycles. The quantitative estimate of drug-likeness (QED) is 0.136. The van der Waals surface area contributed by atoms with Gasteiger partial charge >= 0.3 is 0 Å². The van der Waals surface area contributed by atoms with Crippen LogP contribution in [0.25, 0.3) is 0 Å². The van der Waals surface area contributed by atoms with Gasteiger partial charge in [-0.2, -0.15) is 24.9 Å². The minimum Gasteiger partial charge on any atom is -0.493 e. The highest BCUT2D eigenvalue weighted by Crippen LogP contribution is 2.43. The molecule has 0 amide bonds. The first-order valence-corrected chi connectivity index (χ1v) is 15.3. The molecule has 2 aliphatic heterocycles. The molecule has 8 N–H and O–H groups in total. The van der Waals surface area contributed by atoms with Crippen molar-refractivity contribution in [1.82, 2.24) is 24.9 Å². The summed E-state index contributed by atoms with van der Waals surface area (Å²) in [6.07, 6.45) is 0.442. The van der Waals surface area contributed by atoms with Gasteiger partial charge in [0.2, 0.25) is 29.5 Å². The van der Waals surface area contributed by atoms with E-state index in [9.17, 15) is 5.11 Å². The van der Waals surface area contributed by atoms with Crippen molar-refractivity contribution in [1.29, 1.82) is 0 Å². The number of morpholine rings is 1. The van der Waals surface area contributed by atoms with Crippen molar-refractivity contribution in [3.05, 3.63) is 47.5 Å². The summed E-state index contributed by atoms with van der Waals surface area (Å²) >= 11 is 0. The average molecular weight is 659 g/mol. The molecule has 0 radical (unpaired) electrons. The molecule has 17 nitrogen and oxygen atoms in total. The summed E-state index contributed by atoms with van der Waals surface area (Å²) in [5, 5.41) is 19.1. The number of hydrogen-bond acceptors (Lipinski definition) is 17. The highest BCUT2D eigenvalue weighted by molar-refractivity contribution is 6.05. The molecule has 0 saturated carbocycles. The van der Waals surface area contributed by atoms with Crippen molar-refractivity contribution in [2.24, 2.45) is 4.99 Å². The SMILES string of the molecule is COc1cc(C2CC(c3ccc(Nc4nc(NCCO)nc(N5CCOCC5)n4)cc3)=Nc3c(N)nc(N)nc3N2)cc(OC)c1OC. The summed E-state index contributed by atoms with van der Waals surface area (Å²) in [5.41, 5.74) is 15.8. The van der Waals surface area contributed by atoms with E-state index in [2.05, 4.69) is 40.9 Å². The number of ether oxygens (including phenoxy) is 4. The summed E-state index contributed by atoms with van der Waals surface area (Å²) in [6, 6.07) is 11.1. The lowest BCUT2D eigenvalue weighted by atomic mass is 9.96. The van der Waals surface area contributed by atoms with E-state index in [0.717, 1.165) is 22.5 Å². The van der Waals surface area contributed by atoms with E-state index in [0.29, 0.717) is 85.9 Å². The molecule has 252 valence electrons. The van der Waals surface area contributed by atoms with Crippen molar-refractivity contribution >= 4 is 52.5 Å². The lowest BCUT2D eigenvalue weighted by Gasteiger charge is -2.27. The number of aromatic nitrogens is 5. The molecule has 4 aromatic rings. The Morgan fingerprint density at radius 3 is 2.31 bits per heavy atom. The molecule has 1 saturated heterocycles. The fourth-order valence-electron chi connectivity index (χ4n) is 5.42. The third kappa shape index (κ3) is 7.01. The Morgan fingerprint density at radius 2 is 1.65 bits per heavy atom. The zero-order valence-corrected chi connectivity index (χ0v) is 26.9. The van der Waals surface area contributed by atoms with Gasteiger partial charge in [-0.05, 0) is 35.4 Å². The maximum atomic E-state index is 9.31. The van der Waals surface area contributed by atoms with E-state index >= 15 is 0 Å². The Kier molecular flexibility index (Phi) is 9.67. The lowest BCUT2D eigenvalue weighted by molar-refractivity contribution is 0.122. The summed E-state index contributed by atoms with van der Waals surface area (Å²) in [7, 11) is 4.70. The molecular weight excluding hydrogens is 620 g/mol. The van der Waals surface area contributed by atoms with E-state index in [4.69, 9.17) is 35.4 Å². The molecule has 48 heavy (non-hydrogen) atoms. The minimum atomic E-state index is -0.334. The maximum Gasteiger partial charge on any atom is 0.233 e. The van der Waals surface area contributed by atoms with E-state index < -0.39 is 0 Å². The van der Waals surface area contributed by atoms with Gasteiger partial charge in [-0.1, -0.05) is 12.1 Å². The predicted octanol–water partition coefficient (Wildman–Crippen LogP) is 2.51. The van der Waals surface area contributed by atoms with Gasteiger partial charge in [0, 0.05) is 31.7 Å². The molecule has 2 aromatic heterocycles. The molecule has 6 rings (SSSR count). The Morgan fingerprint density at radius 1 is 0.938 bits per heavy atom. The predicted molar refractivity (Wildman–Crippen MR) is 182 cm³/mol. The van der Waals surface area contributed by atoms with E-state index in [-0.39, 0.29) is 24.4 Å². The van der Waals surface area contributed by atoms with Crippen molar-refractivity contribution < 1.29 is 24.1 Å². The van der Waals surface area contributed by atoms with Gasteiger partial charge in [0.15, 0.2) is 23.1 Å². The summed E-state index contributed by atoms with van der Waals surface area (Å²) in [5.74, 6) is 3.33. The third-order valence-electron chi connectivity index (χ3n) is 7.76. The Bertz CT molecular complexity index is 1760. The first kappa shape index (κ1) is 32.3. The topological polar surface area (TPSA) is 225 Å². The first-order chi connectivity index (χ1) is 23.4. The van der Waals surface area contributed by atoms with Crippen LogP contribution in [0.4, 0.5) is 46.8 Å². The third-order valence-corrected chi connectivity index (χ3v) is 7.76. The number of nitrogen functional groups attached to an aromatic ring is 2. The van der Waals surface area contributed by atoms with Crippen LogP contribution in [0.2, 0.25) is 0 Å². The van der Waals surface area contributed by atoms with Crippen molar-refractivity contribution in [2.75, 3.05) is 93.1 Å². The second kappa shape index (κ2) is 14.4. The van der Waals surface area contributed by atoms with Gasteiger partial charge in [0.05, 0.1) is 52.9 Å². The molecule has 0 aliphatic carbocycles. The second-order valence-corrected chi connectivity index (χ2v) is 10.8. The van der Waals surface area contributed by atoms with E-state index in [1.54, 1.807) is 21.3 Å². The van der Waals surface area contributed by atoms with Crippen LogP contribution in [-0.4, -0.2) is 96.5 Å². The number of nitrogens with one attached hydrogen (secondary N) is 3. The standard InChI is InChI=1S/C31H38N12O5/c1-45-22-14-18(15-23(46-2)25(22)47-3)21-16-20(36-24-26(32)38-28(33)39-27(24)37-21)17-4-6-19(7-5-17)35-30-40-29(34-8-11-44)41-31(42-30)43-9-12-48-13-10-43/h4-7,14-15,21,44H,8-13,16H2,1-3H3,(H5,32,33,37,38,39)(H2,34,35,40,41,42). The molecule has 2 aliphatic rings. The molecule has 0 bridgehead atoms. The Balaban J connectivity index is 1.32. The number of aliphatic hydroxyl groups is 1. The number of nitrogens with zero attached hydrogens (tertiary/aromatic N) is 7. The largest absolute Gasteiger partial charge is 0.493 e. The van der Waals surface area contributed by atoms with Gasteiger partial charge in [-0.3, -0.25) is 0 Å². The monoisotopic (exact) mass is 658 g/mol. The highest BCUT2D eigenvalue weighted by Gasteiger charge is 2.27. The second-order valence-electron chi connectivity index (χ2n) is 10.8. The smallest absolute Gasteiger partial charge is 0.233 e. The van der Waals surface area contributed by atoms with Gasteiger partial charge in [0.25, 0.3) is 0 Å². The Labute approximate surface area is 276 Å². The highest BCUT2D eigenvalue weighted by atomic mass is 16.5.